The highest BCUT2D eigenvalue weighted by molar-refractivity contribution is 6.32. The Hall–Kier alpha value is -1.71. The zero-order chi connectivity index (χ0) is 17.7. The molecule has 2 aromatic rings. The molecule has 0 fully saturated rings. The van der Waals surface area contributed by atoms with E-state index < -0.39 is 0 Å². The number of carbonyl (C=O) groups excluding carboxylic acids is 1. The van der Waals surface area contributed by atoms with E-state index in [9.17, 15) is 4.79 Å². The zero-order valence-corrected chi connectivity index (χ0v) is 15.5. The van der Waals surface area contributed by atoms with Crippen LogP contribution in [0.2, 0.25) is 10.0 Å². The summed E-state index contributed by atoms with van der Waals surface area (Å²) in [5.74, 6) is 1.01. The van der Waals surface area contributed by atoms with Crippen molar-refractivity contribution in [1.29, 1.82) is 0 Å². The average molecular weight is 367 g/mol. The molecule has 2 rings (SSSR count). The van der Waals surface area contributed by atoms with E-state index in [1.54, 1.807) is 18.2 Å². The second kappa shape index (κ2) is 8.41. The fourth-order valence-corrected chi connectivity index (χ4v) is 2.63. The number of hydrogen-bond acceptors (Lipinski definition) is 3. The van der Waals surface area contributed by atoms with Gasteiger partial charge in [-0.15, -0.1) is 0 Å². The van der Waals surface area contributed by atoms with Crippen LogP contribution >= 0.6 is 23.2 Å². The molecule has 0 amide bonds. The molecule has 0 aromatic heterocycles. The molecule has 0 aliphatic heterocycles. The number of hydrogen-bond donors (Lipinski definition) is 0. The van der Waals surface area contributed by atoms with E-state index >= 15 is 0 Å². The fourth-order valence-electron chi connectivity index (χ4n) is 2.30. The van der Waals surface area contributed by atoms with Gasteiger partial charge in [-0.05, 0) is 74.2 Å². The van der Waals surface area contributed by atoms with E-state index in [0.29, 0.717) is 23.8 Å². The maximum Gasteiger partial charge on any atom is 0.311 e. The summed E-state index contributed by atoms with van der Waals surface area (Å²) in [5, 5.41) is 1.37. The zero-order valence-electron chi connectivity index (χ0n) is 14.0. The van der Waals surface area contributed by atoms with Crippen molar-refractivity contribution in [3.05, 3.63) is 57.1 Å². The topological polar surface area (TPSA) is 35.5 Å². The highest BCUT2D eigenvalue weighted by Crippen LogP contribution is 2.26. The van der Waals surface area contributed by atoms with Crippen molar-refractivity contribution in [2.45, 2.75) is 33.6 Å². The summed E-state index contributed by atoms with van der Waals surface area (Å²) in [4.78, 5) is 11.9. The van der Waals surface area contributed by atoms with Crippen molar-refractivity contribution in [1.82, 2.24) is 0 Å². The molecule has 5 heteroatoms. The summed E-state index contributed by atoms with van der Waals surface area (Å²) in [5.41, 5.74) is 2.78. The molecule has 128 valence electrons. The summed E-state index contributed by atoms with van der Waals surface area (Å²) >= 11 is 12.0. The van der Waals surface area contributed by atoms with Gasteiger partial charge in [0.15, 0.2) is 0 Å². The van der Waals surface area contributed by atoms with Gasteiger partial charge in [0.2, 0.25) is 0 Å². The van der Waals surface area contributed by atoms with Gasteiger partial charge >= 0.3 is 5.97 Å². The van der Waals surface area contributed by atoms with Gasteiger partial charge < -0.3 is 9.47 Å². The lowest BCUT2D eigenvalue weighted by Gasteiger charge is -2.10. The Morgan fingerprint density at radius 1 is 1.00 bits per heavy atom. The molecule has 0 aliphatic rings. The molecule has 0 aliphatic carbocycles. The Kier molecular flexibility index (Phi) is 6.52. The Morgan fingerprint density at radius 2 is 1.67 bits per heavy atom. The standard InChI is InChI=1S/C19H20Cl2O3/c1-12-9-15(20)6-7-17(12)24-18(22)5-4-8-23-16-10-13(2)19(21)14(3)11-16/h6-7,9-11H,4-5,8H2,1-3H3. The van der Waals surface area contributed by atoms with Crippen LogP contribution in [-0.2, 0) is 4.79 Å². The van der Waals surface area contributed by atoms with Crippen molar-refractivity contribution in [3.8, 4) is 11.5 Å². The monoisotopic (exact) mass is 366 g/mol. The van der Waals surface area contributed by atoms with Crippen LogP contribution < -0.4 is 9.47 Å². The van der Waals surface area contributed by atoms with Crippen LogP contribution in [0.1, 0.15) is 29.5 Å². The third-order valence-electron chi connectivity index (χ3n) is 3.56. The van der Waals surface area contributed by atoms with E-state index in [0.717, 1.165) is 27.5 Å². The first-order valence-corrected chi connectivity index (χ1v) is 8.49. The minimum absolute atomic E-state index is 0.285. The molecule has 0 atom stereocenters. The number of carbonyl (C=O) groups is 1. The molecule has 2 aromatic carbocycles. The fraction of sp³-hybridized carbons (Fsp3) is 0.316. The second-order valence-electron chi connectivity index (χ2n) is 5.71. The number of aryl methyl sites for hydroxylation is 3. The van der Waals surface area contributed by atoms with Gasteiger partial charge in [-0.1, -0.05) is 23.2 Å². The average Bonchev–Trinajstić information content (AvgIpc) is 2.52. The predicted octanol–water partition coefficient (Wildman–Crippen LogP) is 5.68. The lowest BCUT2D eigenvalue weighted by molar-refractivity contribution is -0.134. The number of ether oxygens (including phenoxy) is 2. The SMILES string of the molecule is Cc1cc(Cl)ccc1OC(=O)CCCOc1cc(C)c(Cl)c(C)c1. The van der Waals surface area contributed by atoms with Crippen LogP contribution in [0.25, 0.3) is 0 Å². The second-order valence-corrected chi connectivity index (χ2v) is 6.52. The molecule has 0 saturated carbocycles. The van der Waals surface area contributed by atoms with E-state index in [4.69, 9.17) is 32.7 Å². The maximum atomic E-state index is 11.9. The van der Waals surface area contributed by atoms with E-state index in [-0.39, 0.29) is 12.4 Å². The first kappa shape index (κ1) is 18.6. The highest BCUT2D eigenvalue weighted by atomic mass is 35.5. The van der Waals surface area contributed by atoms with Crippen LogP contribution in [-0.4, -0.2) is 12.6 Å². The molecule has 0 radical (unpaired) electrons. The molecule has 0 unspecified atom stereocenters. The number of esters is 1. The minimum Gasteiger partial charge on any atom is -0.494 e. The summed E-state index contributed by atoms with van der Waals surface area (Å²) in [6.07, 6.45) is 0.861. The van der Waals surface area contributed by atoms with Crippen LogP contribution in [0.5, 0.6) is 11.5 Å². The van der Waals surface area contributed by atoms with Gasteiger partial charge in [0.1, 0.15) is 11.5 Å². The quantitative estimate of drug-likeness (QED) is 0.374. The summed E-state index contributed by atoms with van der Waals surface area (Å²) in [6.45, 7) is 6.17. The van der Waals surface area contributed by atoms with E-state index in [1.165, 1.54) is 0 Å². The van der Waals surface area contributed by atoms with Crippen LogP contribution in [0, 0.1) is 20.8 Å². The molecule has 0 bridgehead atoms. The molecular formula is C19H20Cl2O3. The minimum atomic E-state index is -0.285. The number of halogens is 2. The van der Waals surface area contributed by atoms with Gasteiger partial charge in [-0.25, -0.2) is 0 Å². The van der Waals surface area contributed by atoms with Gasteiger partial charge in [-0.3, -0.25) is 4.79 Å². The van der Waals surface area contributed by atoms with E-state index in [1.807, 2.05) is 32.9 Å². The predicted molar refractivity (Wildman–Crippen MR) is 97.5 cm³/mol. The van der Waals surface area contributed by atoms with E-state index in [2.05, 4.69) is 0 Å². The first-order chi connectivity index (χ1) is 11.4. The first-order valence-electron chi connectivity index (χ1n) is 7.73. The maximum absolute atomic E-state index is 11.9. The molecule has 0 heterocycles. The van der Waals surface area contributed by atoms with Crippen molar-refractivity contribution in [2.24, 2.45) is 0 Å². The molecule has 0 spiro atoms. The molecular weight excluding hydrogens is 347 g/mol. The van der Waals surface area contributed by atoms with Crippen molar-refractivity contribution >= 4 is 29.2 Å². The summed E-state index contributed by atoms with van der Waals surface area (Å²) in [7, 11) is 0. The van der Waals surface area contributed by atoms with Crippen LogP contribution in [0.4, 0.5) is 0 Å². The lowest BCUT2D eigenvalue weighted by atomic mass is 10.1. The van der Waals surface area contributed by atoms with Gasteiger partial charge in [0.05, 0.1) is 6.61 Å². The van der Waals surface area contributed by atoms with Gasteiger partial charge in [0, 0.05) is 16.5 Å². The summed E-state index contributed by atoms with van der Waals surface area (Å²) < 4.78 is 11.0. The van der Waals surface area contributed by atoms with Gasteiger partial charge in [-0.2, -0.15) is 0 Å². The molecule has 0 N–H and O–H groups in total. The molecule has 24 heavy (non-hydrogen) atoms. The largest absolute Gasteiger partial charge is 0.494 e. The van der Waals surface area contributed by atoms with Crippen LogP contribution in [0.15, 0.2) is 30.3 Å². The van der Waals surface area contributed by atoms with Crippen LogP contribution in [0.3, 0.4) is 0 Å². The third kappa shape index (κ3) is 5.15. The third-order valence-corrected chi connectivity index (χ3v) is 4.40. The normalized spacial score (nSPS) is 10.5. The van der Waals surface area contributed by atoms with Crippen molar-refractivity contribution < 1.29 is 14.3 Å². The lowest BCUT2D eigenvalue weighted by Crippen LogP contribution is -2.10. The molecule has 3 nitrogen and oxygen atoms in total. The smallest absolute Gasteiger partial charge is 0.311 e. The molecule has 0 saturated heterocycles. The Bertz CT molecular complexity index is 718. The number of rotatable bonds is 6. The Labute approximate surface area is 152 Å². The van der Waals surface area contributed by atoms with Gasteiger partial charge in [0.25, 0.3) is 0 Å². The Morgan fingerprint density at radius 3 is 2.29 bits per heavy atom. The summed E-state index contributed by atoms with van der Waals surface area (Å²) in [6, 6.07) is 8.95. The van der Waals surface area contributed by atoms with Crippen molar-refractivity contribution in [2.75, 3.05) is 6.61 Å². The van der Waals surface area contributed by atoms with Crippen molar-refractivity contribution in [3.63, 3.8) is 0 Å². The highest BCUT2D eigenvalue weighted by Gasteiger charge is 2.08. The number of benzene rings is 2. The Balaban J connectivity index is 1.79.